The quantitative estimate of drug-likeness (QED) is 0.816. The van der Waals surface area contributed by atoms with Crippen LogP contribution in [0.1, 0.15) is 21.3 Å². The van der Waals surface area contributed by atoms with Crippen molar-refractivity contribution in [2.75, 3.05) is 33.6 Å². The Morgan fingerprint density at radius 1 is 1.00 bits per heavy atom. The Labute approximate surface area is 151 Å². The molecule has 1 saturated heterocycles. The Kier molecular flexibility index (Phi) is 5.38. The molecule has 1 aliphatic heterocycles. The number of hydrogen-bond donors (Lipinski definition) is 0. The number of carbonyl (C=O) groups is 1. The fourth-order valence-electron chi connectivity index (χ4n) is 3.02. The summed E-state index contributed by atoms with van der Waals surface area (Å²) >= 11 is 1.72. The van der Waals surface area contributed by atoms with E-state index >= 15 is 0 Å². The summed E-state index contributed by atoms with van der Waals surface area (Å²) in [6.07, 6.45) is 0. The number of methoxy groups -OCH3 is 3. The molecule has 2 aromatic rings. The molecule has 0 spiro atoms. The first-order valence-electron chi connectivity index (χ1n) is 7.97. The van der Waals surface area contributed by atoms with Gasteiger partial charge in [0.05, 0.1) is 26.9 Å². The van der Waals surface area contributed by atoms with Gasteiger partial charge in [0.25, 0.3) is 5.91 Å². The summed E-state index contributed by atoms with van der Waals surface area (Å²) in [7, 11) is 4.81. The van der Waals surface area contributed by atoms with Crippen molar-refractivity contribution in [2.24, 2.45) is 0 Å². The molecule has 0 aromatic heterocycles. The number of hydrogen-bond acceptors (Lipinski definition) is 5. The van der Waals surface area contributed by atoms with E-state index < -0.39 is 0 Å². The molecule has 0 unspecified atom stereocenters. The van der Waals surface area contributed by atoms with E-state index in [0.717, 1.165) is 11.3 Å². The molecule has 5 nitrogen and oxygen atoms in total. The van der Waals surface area contributed by atoms with Gasteiger partial charge >= 0.3 is 0 Å². The van der Waals surface area contributed by atoms with Crippen LogP contribution >= 0.6 is 11.8 Å². The second kappa shape index (κ2) is 7.70. The lowest BCUT2D eigenvalue weighted by Crippen LogP contribution is -2.31. The van der Waals surface area contributed by atoms with E-state index in [4.69, 9.17) is 14.2 Å². The third kappa shape index (κ3) is 3.26. The summed E-state index contributed by atoms with van der Waals surface area (Å²) in [4.78, 5) is 15.0. The van der Waals surface area contributed by atoms with Gasteiger partial charge in [-0.05, 0) is 18.2 Å². The van der Waals surface area contributed by atoms with Gasteiger partial charge in [0.15, 0.2) is 11.5 Å². The zero-order valence-corrected chi connectivity index (χ0v) is 15.3. The van der Waals surface area contributed by atoms with Gasteiger partial charge in [-0.2, -0.15) is 0 Å². The summed E-state index contributed by atoms with van der Waals surface area (Å²) in [5, 5.41) is -0.123. The lowest BCUT2D eigenvalue weighted by Gasteiger charge is -2.26. The molecule has 3 rings (SSSR count). The van der Waals surface area contributed by atoms with E-state index in [1.807, 2.05) is 35.2 Å². The van der Waals surface area contributed by atoms with Crippen LogP contribution in [0.25, 0.3) is 0 Å². The van der Waals surface area contributed by atoms with Gasteiger partial charge in [-0.15, -0.1) is 11.8 Å². The normalized spacial score (nSPS) is 16.6. The first-order chi connectivity index (χ1) is 12.2. The standard InChI is InChI=1S/C19H21NO4S/c1-22-15-9-5-4-7-13(15)18(21)20-11-12-25-19(20)14-8-6-10-16(23-2)17(14)24-3/h4-10,19H,11-12H2,1-3H3/t19-/m1/s1. The Balaban J connectivity index is 1.97. The van der Waals surface area contributed by atoms with Gasteiger partial charge < -0.3 is 19.1 Å². The second-order valence-corrected chi connectivity index (χ2v) is 6.69. The molecule has 25 heavy (non-hydrogen) atoms. The average molecular weight is 359 g/mol. The molecule has 0 saturated carbocycles. The van der Waals surface area contributed by atoms with Crippen LogP contribution in [-0.4, -0.2) is 44.4 Å². The van der Waals surface area contributed by atoms with Crippen molar-refractivity contribution in [3.63, 3.8) is 0 Å². The molecule has 2 aromatic carbocycles. The molecule has 1 atom stereocenters. The third-order valence-corrected chi connectivity index (χ3v) is 5.43. The molecule has 0 N–H and O–H groups in total. The molecule has 0 aliphatic carbocycles. The molecule has 1 amide bonds. The molecule has 132 valence electrons. The Bertz CT molecular complexity index is 765. The summed E-state index contributed by atoms with van der Waals surface area (Å²) < 4.78 is 16.3. The largest absolute Gasteiger partial charge is 0.496 e. The van der Waals surface area contributed by atoms with E-state index in [0.29, 0.717) is 29.4 Å². The predicted octanol–water partition coefficient (Wildman–Crippen LogP) is 3.60. The van der Waals surface area contributed by atoms with Crippen molar-refractivity contribution in [1.82, 2.24) is 4.90 Å². The van der Waals surface area contributed by atoms with E-state index in [1.165, 1.54) is 0 Å². The Morgan fingerprint density at radius 2 is 1.72 bits per heavy atom. The van der Waals surface area contributed by atoms with Crippen molar-refractivity contribution >= 4 is 17.7 Å². The highest BCUT2D eigenvalue weighted by Gasteiger charge is 2.34. The monoisotopic (exact) mass is 359 g/mol. The predicted molar refractivity (Wildman–Crippen MR) is 98.8 cm³/mol. The number of nitrogens with zero attached hydrogens (tertiary/aromatic N) is 1. The van der Waals surface area contributed by atoms with Gasteiger partial charge in [-0.1, -0.05) is 24.3 Å². The Hall–Kier alpha value is -2.34. The van der Waals surface area contributed by atoms with E-state index in [1.54, 1.807) is 45.2 Å². The van der Waals surface area contributed by atoms with Crippen molar-refractivity contribution in [1.29, 1.82) is 0 Å². The van der Waals surface area contributed by atoms with Crippen LogP contribution in [0.4, 0.5) is 0 Å². The van der Waals surface area contributed by atoms with Crippen molar-refractivity contribution in [3.8, 4) is 17.2 Å². The van der Waals surface area contributed by atoms with Gasteiger partial charge in [0, 0.05) is 17.9 Å². The second-order valence-electron chi connectivity index (χ2n) is 5.50. The SMILES string of the molecule is COc1ccccc1C(=O)N1CCS[C@@H]1c1cccc(OC)c1OC. The molecular formula is C19H21NO4S. The number of ether oxygens (including phenoxy) is 3. The molecule has 0 radical (unpaired) electrons. The molecule has 6 heteroatoms. The summed E-state index contributed by atoms with van der Waals surface area (Å²) in [5.41, 5.74) is 1.51. The van der Waals surface area contributed by atoms with Crippen molar-refractivity contribution in [2.45, 2.75) is 5.37 Å². The van der Waals surface area contributed by atoms with Crippen LogP contribution in [-0.2, 0) is 0 Å². The number of para-hydroxylation sites is 2. The highest BCUT2D eigenvalue weighted by atomic mass is 32.2. The fraction of sp³-hybridized carbons (Fsp3) is 0.316. The van der Waals surface area contributed by atoms with Gasteiger partial charge in [-0.3, -0.25) is 4.79 Å². The van der Waals surface area contributed by atoms with E-state index in [2.05, 4.69) is 0 Å². The maximum atomic E-state index is 13.1. The summed E-state index contributed by atoms with van der Waals surface area (Å²) in [5.74, 6) is 2.74. The highest BCUT2D eigenvalue weighted by Crippen LogP contribution is 2.45. The molecule has 1 fully saturated rings. The third-order valence-electron chi connectivity index (χ3n) is 4.19. The summed E-state index contributed by atoms with van der Waals surface area (Å²) in [6, 6.07) is 13.1. The average Bonchev–Trinajstić information content (AvgIpc) is 3.16. The van der Waals surface area contributed by atoms with Crippen LogP contribution in [0.15, 0.2) is 42.5 Å². The number of carbonyl (C=O) groups excluding carboxylic acids is 1. The molecule has 1 heterocycles. The van der Waals surface area contributed by atoms with Gasteiger partial charge in [0.2, 0.25) is 0 Å². The van der Waals surface area contributed by atoms with Crippen LogP contribution in [0, 0.1) is 0 Å². The number of benzene rings is 2. The zero-order chi connectivity index (χ0) is 17.8. The van der Waals surface area contributed by atoms with Crippen molar-refractivity contribution < 1.29 is 19.0 Å². The number of thioether (sulfide) groups is 1. The lowest BCUT2D eigenvalue weighted by molar-refractivity contribution is 0.0755. The Morgan fingerprint density at radius 3 is 2.44 bits per heavy atom. The van der Waals surface area contributed by atoms with Crippen LogP contribution in [0.3, 0.4) is 0 Å². The minimum absolute atomic E-state index is 0.0441. The maximum Gasteiger partial charge on any atom is 0.258 e. The van der Waals surface area contributed by atoms with Crippen LogP contribution in [0.2, 0.25) is 0 Å². The zero-order valence-electron chi connectivity index (χ0n) is 14.5. The first-order valence-corrected chi connectivity index (χ1v) is 9.02. The smallest absolute Gasteiger partial charge is 0.258 e. The van der Waals surface area contributed by atoms with Gasteiger partial charge in [0.1, 0.15) is 11.1 Å². The topological polar surface area (TPSA) is 48.0 Å². The van der Waals surface area contributed by atoms with Crippen LogP contribution in [0.5, 0.6) is 17.2 Å². The maximum absolute atomic E-state index is 13.1. The molecule has 0 bridgehead atoms. The number of amides is 1. The summed E-state index contributed by atoms with van der Waals surface area (Å²) in [6.45, 7) is 0.673. The molecular weight excluding hydrogens is 338 g/mol. The minimum atomic E-state index is -0.123. The lowest BCUT2D eigenvalue weighted by atomic mass is 10.1. The van der Waals surface area contributed by atoms with Crippen molar-refractivity contribution in [3.05, 3.63) is 53.6 Å². The molecule has 1 aliphatic rings. The van der Waals surface area contributed by atoms with E-state index in [9.17, 15) is 4.79 Å². The van der Waals surface area contributed by atoms with E-state index in [-0.39, 0.29) is 11.3 Å². The first kappa shape index (κ1) is 17.5. The fourth-order valence-corrected chi connectivity index (χ4v) is 4.29. The van der Waals surface area contributed by atoms with Gasteiger partial charge in [-0.25, -0.2) is 0 Å². The minimum Gasteiger partial charge on any atom is -0.496 e. The highest BCUT2D eigenvalue weighted by molar-refractivity contribution is 7.99. The van der Waals surface area contributed by atoms with Crippen LogP contribution < -0.4 is 14.2 Å². The number of rotatable bonds is 5.